The molecular weight excluding hydrogens is 204 g/mol. The summed E-state index contributed by atoms with van der Waals surface area (Å²) in [5, 5.41) is 2.80. The minimum Gasteiger partial charge on any atom is -0.380 e. The topological polar surface area (TPSA) is 64.4 Å². The van der Waals surface area contributed by atoms with Gasteiger partial charge in [-0.3, -0.25) is 4.79 Å². The number of carbonyl (C=O) groups is 1. The number of nitrogens with one attached hydrogen (secondary N) is 1. The summed E-state index contributed by atoms with van der Waals surface area (Å²) < 4.78 is 5.05. The van der Waals surface area contributed by atoms with Crippen molar-refractivity contribution in [3.8, 4) is 0 Å². The summed E-state index contributed by atoms with van der Waals surface area (Å²) in [4.78, 5) is 11.6. The molecule has 1 aromatic rings. The van der Waals surface area contributed by atoms with E-state index in [1.807, 2.05) is 31.2 Å². The summed E-state index contributed by atoms with van der Waals surface area (Å²) >= 11 is 0. The zero-order valence-corrected chi connectivity index (χ0v) is 9.69. The van der Waals surface area contributed by atoms with Gasteiger partial charge in [-0.2, -0.15) is 0 Å². The highest BCUT2D eigenvalue weighted by Crippen LogP contribution is 2.16. The van der Waals surface area contributed by atoms with E-state index in [9.17, 15) is 4.79 Å². The average molecular weight is 222 g/mol. The summed E-state index contributed by atoms with van der Waals surface area (Å²) in [6.45, 7) is 2.35. The third-order valence-corrected chi connectivity index (χ3v) is 2.35. The van der Waals surface area contributed by atoms with Crippen molar-refractivity contribution in [3.05, 3.63) is 29.8 Å². The highest BCUT2D eigenvalue weighted by atomic mass is 16.5. The number of amides is 1. The minimum atomic E-state index is -0.462. The molecule has 0 saturated carbocycles. The van der Waals surface area contributed by atoms with Crippen molar-refractivity contribution in [3.63, 3.8) is 0 Å². The molecule has 16 heavy (non-hydrogen) atoms. The molecule has 88 valence electrons. The van der Waals surface area contributed by atoms with Crippen LogP contribution in [-0.4, -0.2) is 19.1 Å². The summed E-state index contributed by atoms with van der Waals surface area (Å²) in [5.41, 5.74) is 7.35. The molecule has 0 aliphatic carbocycles. The molecular formula is C12H18N2O2. The number of para-hydroxylation sites is 1. The molecule has 0 bridgehead atoms. The van der Waals surface area contributed by atoms with Gasteiger partial charge in [0.05, 0.1) is 12.6 Å². The molecule has 1 amide bonds. The standard InChI is InChI=1S/C12H18N2O2/c1-3-10(13)12(15)14-11-7-5-4-6-9(11)8-16-2/h4-7,10H,3,8,13H2,1-2H3,(H,14,15)/t10-/m0/s1. The number of hydrogen-bond donors (Lipinski definition) is 2. The molecule has 0 aliphatic rings. The van der Waals surface area contributed by atoms with Crippen molar-refractivity contribution in [1.29, 1.82) is 0 Å². The Bertz CT molecular complexity index is 353. The van der Waals surface area contributed by atoms with Gasteiger partial charge in [0.15, 0.2) is 0 Å². The quantitative estimate of drug-likeness (QED) is 0.793. The van der Waals surface area contributed by atoms with Crippen LogP contribution < -0.4 is 11.1 Å². The van der Waals surface area contributed by atoms with E-state index in [2.05, 4.69) is 5.32 Å². The average Bonchev–Trinajstić information content (AvgIpc) is 2.31. The Labute approximate surface area is 95.8 Å². The van der Waals surface area contributed by atoms with Gasteiger partial charge in [-0.05, 0) is 12.5 Å². The van der Waals surface area contributed by atoms with E-state index in [0.717, 1.165) is 11.3 Å². The molecule has 0 saturated heterocycles. The Balaban J connectivity index is 2.76. The van der Waals surface area contributed by atoms with E-state index < -0.39 is 6.04 Å². The maximum atomic E-state index is 11.6. The van der Waals surface area contributed by atoms with E-state index >= 15 is 0 Å². The van der Waals surface area contributed by atoms with Gasteiger partial charge in [-0.1, -0.05) is 25.1 Å². The fourth-order valence-corrected chi connectivity index (χ4v) is 1.33. The molecule has 4 heteroatoms. The smallest absolute Gasteiger partial charge is 0.241 e. The van der Waals surface area contributed by atoms with Crippen molar-refractivity contribution in [1.82, 2.24) is 0 Å². The Morgan fingerprint density at radius 3 is 2.81 bits per heavy atom. The molecule has 1 rings (SSSR count). The number of anilines is 1. The predicted molar refractivity (Wildman–Crippen MR) is 64.1 cm³/mol. The van der Waals surface area contributed by atoms with Gasteiger partial charge >= 0.3 is 0 Å². The molecule has 0 aromatic heterocycles. The van der Waals surface area contributed by atoms with Gasteiger partial charge < -0.3 is 15.8 Å². The number of nitrogens with two attached hydrogens (primary N) is 1. The first-order valence-electron chi connectivity index (χ1n) is 5.32. The predicted octanol–water partition coefficient (Wildman–Crippen LogP) is 1.51. The first-order valence-corrected chi connectivity index (χ1v) is 5.32. The van der Waals surface area contributed by atoms with Crippen LogP contribution >= 0.6 is 0 Å². The number of ether oxygens (including phenoxy) is 1. The second-order valence-electron chi connectivity index (χ2n) is 3.59. The SMILES string of the molecule is CC[C@H](N)C(=O)Nc1ccccc1COC. The first-order chi connectivity index (χ1) is 7.69. The Hall–Kier alpha value is -1.39. The highest BCUT2D eigenvalue weighted by Gasteiger charge is 2.12. The zero-order chi connectivity index (χ0) is 12.0. The third-order valence-electron chi connectivity index (χ3n) is 2.35. The Morgan fingerprint density at radius 2 is 2.19 bits per heavy atom. The molecule has 0 aliphatic heterocycles. The second-order valence-corrected chi connectivity index (χ2v) is 3.59. The van der Waals surface area contributed by atoms with E-state index in [1.165, 1.54) is 0 Å². The van der Waals surface area contributed by atoms with Crippen LogP contribution in [0, 0.1) is 0 Å². The van der Waals surface area contributed by atoms with Crippen LogP contribution in [-0.2, 0) is 16.1 Å². The van der Waals surface area contributed by atoms with Gasteiger partial charge in [0.25, 0.3) is 0 Å². The molecule has 0 radical (unpaired) electrons. The first kappa shape index (κ1) is 12.7. The van der Waals surface area contributed by atoms with E-state index in [-0.39, 0.29) is 5.91 Å². The number of benzene rings is 1. The molecule has 0 spiro atoms. The second kappa shape index (κ2) is 6.25. The maximum absolute atomic E-state index is 11.6. The van der Waals surface area contributed by atoms with Gasteiger partial charge in [-0.15, -0.1) is 0 Å². The summed E-state index contributed by atoms with van der Waals surface area (Å²) in [5.74, 6) is -0.161. The van der Waals surface area contributed by atoms with Crippen LogP contribution in [0.2, 0.25) is 0 Å². The summed E-state index contributed by atoms with van der Waals surface area (Å²) in [6, 6.07) is 7.07. The molecule has 4 nitrogen and oxygen atoms in total. The van der Waals surface area contributed by atoms with Crippen molar-refractivity contribution >= 4 is 11.6 Å². The fourth-order valence-electron chi connectivity index (χ4n) is 1.33. The van der Waals surface area contributed by atoms with Crippen molar-refractivity contribution < 1.29 is 9.53 Å². The third kappa shape index (κ3) is 3.32. The van der Waals surface area contributed by atoms with Crippen LogP contribution in [0.15, 0.2) is 24.3 Å². The Kier molecular flexibility index (Phi) is 4.95. The van der Waals surface area contributed by atoms with Crippen LogP contribution in [0.3, 0.4) is 0 Å². The molecule has 0 unspecified atom stereocenters. The molecule has 0 heterocycles. The van der Waals surface area contributed by atoms with Crippen molar-refractivity contribution in [2.24, 2.45) is 5.73 Å². The van der Waals surface area contributed by atoms with Gasteiger partial charge in [0.1, 0.15) is 0 Å². The minimum absolute atomic E-state index is 0.161. The summed E-state index contributed by atoms with van der Waals surface area (Å²) in [7, 11) is 1.62. The zero-order valence-electron chi connectivity index (χ0n) is 9.69. The number of rotatable bonds is 5. The van der Waals surface area contributed by atoms with Crippen molar-refractivity contribution in [2.75, 3.05) is 12.4 Å². The van der Waals surface area contributed by atoms with E-state index in [0.29, 0.717) is 13.0 Å². The van der Waals surface area contributed by atoms with Gasteiger partial charge in [0.2, 0.25) is 5.91 Å². The van der Waals surface area contributed by atoms with Gasteiger partial charge in [0, 0.05) is 18.4 Å². The van der Waals surface area contributed by atoms with Gasteiger partial charge in [-0.25, -0.2) is 0 Å². The van der Waals surface area contributed by atoms with Crippen LogP contribution in [0.4, 0.5) is 5.69 Å². The lowest BCUT2D eigenvalue weighted by Crippen LogP contribution is -2.35. The van der Waals surface area contributed by atoms with E-state index in [4.69, 9.17) is 10.5 Å². The number of hydrogen-bond acceptors (Lipinski definition) is 3. The fraction of sp³-hybridized carbons (Fsp3) is 0.417. The highest BCUT2D eigenvalue weighted by molar-refractivity contribution is 5.95. The lowest BCUT2D eigenvalue weighted by atomic mass is 10.1. The number of methoxy groups -OCH3 is 1. The lowest BCUT2D eigenvalue weighted by molar-refractivity contribution is -0.117. The molecule has 1 atom stereocenters. The lowest BCUT2D eigenvalue weighted by Gasteiger charge is -2.13. The van der Waals surface area contributed by atoms with E-state index in [1.54, 1.807) is 7.11 Å². The Morgan fingerprint density at radius 1 is 1.50 bits per heavy atom. The van der Waals surface area contributed by atoms with Crippen LogP contribution in [0.1, 0.15) is 18.9 Å². The molecule has 3 N–H and O–H groups in total. The maximum Gasteiger partial charge on any atom is 0.241 e. The normalized spacial score (nSPS) is 12.2. The van der Waals surface area contributed by atoms with Crippen molar-refractivity contribution in [2.45, 2.75) is 26.0 Å². The largest absolute Gasteiger partial charge is 0.380 e. The number of carbonyl (C=O) groups excluding carboxylic acids is 1. The van der Waals surface area contributed by atoms with Crippen LogP contribution in [0.5, 0.6) is 0 Å². The summed E-state index contributed by atoms with van der Waals surface area (Å²) in [6.07, 6.45) is 0.623. The molecule has 1 aromatic carbocycles. The van der Waals surface area contributed by atoms with Crippen LogP contribution in [0.25, 0.3) is 0 Å². The molecule has 0 fully saturated rings. The monoisotopic (exact) mass is 222 g/mol.